The zero-order valence-corrected chi connectivity index (χ0v) is 14.3. The highest BCUT2D eigenvalue weighted by Crippen LogP contribution is 2.28. The number of nitrogens with one attached hydrogen (secondary N) is 1. The van der Waals surface area contributed by atoms with Crippen LogP contribution in [-0.2, 0) is 23.0 Å². The van der Waals surface area contributed by atoms with Crippen molar-refractivity contribution in [1.29, 1.82) is 0 Å². The first-order valence-electron chi connectivity index (χ1n) is 8.11. The quantitative estimate of drug-likeness (QED) is 0.910. The number of hydrogen-bond donors (Lipinski definition) is 1. The zero-order valence-electron chi connectivity index (χ0n) is 14.3. The Morgan fingerprint density at radius 2 is 2.29 bits per heavy atom. The molecular weight excluding hydrogens is 306 g/mol. The van der Waals surface area contributed by atoms with E-state index in [1.165, 1.54) is 0 Å². The molecule has 2 atom stereocenters. The molecule has 1 aliphatic rings. The topological polar surface area (TPSA) is 65.4 Å². The van der Waals surface area contributed by atoms with Crippen LogP contribution in [0.5, 0.6) is 5.75 Å². The Labute approximate surface area is 141 Å². The van der Waals surface area contributed by atoms with Crippen molar-refractivity contribution in [3.63, 3.8) is 0 Å². The van der Waals surface area contributed by atoms with Crippen molar-refractivity contribution in [3.05, 3.63) is 47.3 Å². The Balaban J connectivity index is 1.65. The molecule has 1 saturated heterocycles. The third-order valence-corrected chi connectivity index (χ3v) is 4.43. The molecule has 0 bridgehead atoms. The van der Waals surface area contributed by atoms with E-state index in [2.05, 4.69) is 10.4 Å². The minimum Gasteiger partial charge on any atom is -0.496 e. The van der Waals surface area contributed by atoms with E-state index in [1.807, 2.05) is 38.2 Å². The van der Waals surface area contributed by atoms with Crippen molar-refractivity contribution in [2.24, 2.45) is 7.05 Å². The van der Waals surface area contributed by atoms with Gasteiger partial charge in [-0.05, 0) is 36.6 Å². The van der Waals surface area contributed by atoms with Gasteiger partial charge in [-0.3, -0.25) is 9.48 Å². The first-order valence-corrected chi connectivity index (χ1v) is 8.11. The highest BCUT2D eigenvalue weighted by molar-refractivity contribution is 5.79. The van der Waals surface area contributed by atoms with E-state index in [4.69, 9.17) is 9.47 Å². The van der Waals surface area contributed by atoms with Crippen LogP contribution in [0.2, 0.25) is 0 Å². The van der Waals surface area contributed by atoms with Gasteiger partial charge in [-0.1, -0.05) is 12.1 Å². The van der Waals surface area contributed by atoms with Gasteiger partial charge in [-0.2, -0.15) is 5.10 Å². The van der Waals surface area contributed by atoms with E-state index >= 15 is 0 Å². The Hall–Kier alpha value is -2.34. The number of amides is 1. The third kappa shape index (κ3) is 3.43. The van der Waals surface area contributed by atoms with E-state index in [9.17, 15) is 4.79 Å². The van der Waals surface area contributed by atoms with Gasteiger partial charge < -0.3 is 14.8 Å². The summed E-state index contributed by atoms with van der Waals surface area (Å²) in [5.74, 6) is 0.792. The number of hydrogen-bond acceptors (Lipinski definition) is 4. The molecule has 1 fully saturated rings. The van der Waals surface area contributed by atoms with Crippen LogP contribution in [0.3, 0.4) is 0 Å². The number of aromatic nitrogens is 2. The SMILES string of the molecule is COc1cc(CC(=O)N[C@H]2CCO[C@@H]2c2ccnn2C)ccc1C. The molecule has 2 heterocycles. The molecule has 24 heavy (non-hydrogen) atoms. The van der Waals surface area contributed by atoms with Crippen LogP contribution in [0.4, 0.5) is 0 Å². The molecule has 1 N–H and O–H groups in total. The van der Waals surface area contributed by atoms with Crippen LogP contribution in [0.15, 0.2) is 30.5 Å². The summed E-state index contributed by atoms with van der Waals surface area (Å²) >= 11 is 0. The molecule has 1 aromatic heterocycles. The molecule has 0 unspecified atom stereocenters. The van der Waals surface area contributed by atoms with Gasteiger partial charge in [0.15, 0.2) is 0 Å². The van der Waals surface area contributed by atoms with Crippen LogP contribution < -0.4 is 10.1 Å². The average Bonchev–Trinajstić information content (AvgIpc) is 3.17. The monoisotopic (exact) mass is 329 g/mol. The standard InChI is InChI=1S/C18H23N3O3/c1-12-4-5-13(10-16(12)23-3)11-17(22)20-14-7-9-24-18(14)15-6-8-19-21(15)2/h4-6,8,10,14,18H,7,9,11H2,1-3H3,(H,20,22)/t14-,18-/m0/s1. The molecule has 1 amide bonds. The van der Waals surface area contributed by atoms with Crippen molar-refractivity contribution in [1.82, 2.24) is 15.1 Å². The smallest absolute Gasteiger partial charge is 0.224 e. The summed E-state index contributed by atoms with van der Waals surface area (Å²) < 4.78 is 12.9. The highest BCUT2D eigenvalue weighted by atomic mass is 16.5. The van der Waals surface area contributed by atoms with Gasteiger partial charge in [0.25, 0.3) is 0 Å². The minimum atomic E-state index is -0.144. The maximum absolute atomic E-state index is 12.4. The molecule has 1 aliphatic heterocycles. The second kappa shape index (κ2) is 7.05. The summed E-state index contributed by atoms with van der Waals surface area (Å²) in [5.41, 5.74) is 2.97. The average molecular weight is 329 g/mol. The summed E-state index contributed by atoms with van der Waals surface area (Å²) in [6, 6.07) is 7.75. The summed E-state index contributed by atoms with van der Waals surface area (Å²) in [6.07, 6.45) is 2.73. The molecule has 6 heteroatoms. The van der Waals surface area contributed by atoms with E-state index in [-0.39, 0.29) is 18.1 Å². The molecule has 6 nitrogen and oxygen atoms in total. The molecule has 0 aliphatic carbocycles. The fourth-order valence-corrected chi connectivity index (χ4v) is 3.11. The minimum absolute atomic E-state index is 0.0106. The predicted molar refractivity (Wildman–Crippen MR) is 89.9 cm³/mol. The predicted octanol–water partition coefficient (Wildman–Crippen LogP) is 1.93. The van der Waals surface area contributed by atoms with Gasteiger partial charge in [0.2, 0.25) is 5.91 Å². The summed E-state index contributed by atoms with van der Waals surface area (Å²) in [5, 5.41) is 7.28. The van der Waals surface area contributed by atoms with E-state index in [0.717, 1.165) is 29.0 Å². The van der Waals surface area contributed by atoms with Crippen LogP contribution in [0, 0.1) is 6.92 Å². The number of nitrogens with zero attached hydrogens (tertiary/aromatic N) is 2. The number of carbonyl (C=O) groups is 1. The zero-order chi connectivity index (χ0) is 17.1. The Bertz CT molecular complexity index is 726. The van der Waals surface area contributed by atoms with Crippen LogP contribution in [-0.4, -0.2) is 35.4 Å². The summed E-state index contributed by atoms with van der Waals surface area (Å²) in [7, 11) is 3.52. The summed E-state index contributed by atoms with van der Waals surface area (Å²) in [6.45, 7) is 2.62. The number of methoxy groups -OCH3 is 1. The van der Waals surface area contributed by atoms with Crippen molar-refractivity contribution >= 4 is 5.91 Å². The maximum atomic E-state index is 12.4. The lowest BCUT2D eigenvalue weighted by atomic mass is 10.1. The second-order valence-electron chi connectivity index (χ2n) is 6.11. The number of rotatable bonds is 5. The molecule has 2 aromatic rings. The van der Waals surface area contributed by atoms with Crippen molar-refractivity contribution in [2.45, 2.75) is 31.9 Å². The normalized spacial score (nSPS) is 20.1. The lowest BCUT2D eigenvalue weighted by Crippen LogP contribution is -2.38. The van der Waals surface area contributed by atoms with Crippen LogP contribution >= 0.6 is 0 Å². The first kappa shape index (κ1) is 16.5. The van der Waals surface area contributed by atoms with Crippen LogP contribution in [0.1, 0.15) is 29.3 Å². The van der Waals surface area contributed by atoms with Gasteiger partial charge in [0.05, 0.1) is 25.3 Å². The van der Waals surface area contributed by atoms with E-state index in [1.54, 1.807) is 18.0 Å². The van der Waals surface area contributed by atoms with Gasteiger partial charge in [0, 0.05) is 19.9 Å². The van der Waals surface area contributed by atoms with E-state index in [0.29, 0.717) is 13.0 Å². The molecular formula is C18H23N3O3. The van der Waals surface area contributed by atoms with Crippen molar-refractivity contribution in [3.8, 4) is 5.75 Å². The summed E-state index contributed by atoms with van der Waals surface area (Å²) in [4.78, 5) is 12.4. The Morgan fingerprint density at radius 3 is 3.00 bits per heavy atom. The molecule has 128 valence electrons. The van der Waals surface area contributed by atoms with Gasteiger partial charge in [-0.15, -0.1) is 0 Å². The van der Waals surface area contributed by atoms with Crippen molar-refractivity contribution in [2.75, 3.05) is 13.7 Å². The Morgan fingerprint density at radius 1 is 1.46 bits per heavy atom. The fraction of sp³-hybridized carbons (Fsp3) is 0.444. The highest BCUT2D eigenvalue weighted by Gasteiger charge is 2.32. The number of aryl methyl sites for hydroxylation is 2. The number of benzene rings is 1. The number of ether oxygens (including phenoxy) is 2. The molecule has 0 radical (unpaired) electrons. The van der Waals surface area contributed by atoms with Gasteiger partial charge in [-0.25, -0.2) is 0 Å². The second-order valence-corrected chi connectivity index (χ2v) is 6.11. The Kier molecular flexibility index (Phi) is 4.85. The number of carbonyl (C=O) groups excluding carboxylic acids is 1. The third-order valence-electron chi connectivity index (χ3n) is 4.43. The van der Waals surface area contributed by atoms with Gasteiger partial charge in [0.1, 0.15) is 11.9 Å². The molecule has 0 saturated carbocycles. The first-order chi connectivity index (χ1) is 11.6. The lowest BCUT2D eigenvalue weighted by Gasteiger charge is -2.20. The lowest BCUT2D eigenvalue weighted by molar-refractivity contribution is -0.121. The van der Waals surface area contributed by atoms with Gasteiger partial charge >= 0.3 is 0 Å². The molecule has 1 aromatic carbocycles. The molecule has 0 spiro atoms. The molecule has 3 rings (SSSR count). The largest absolute Gasteiger partial charge is 0.496 e. The van der Waals surface area contributed by atoms with Crippen molar-refractivity contribution < 1.29 is 14.3 Å². The van der Waals surface area contributed by atoms with E-state index < -0.39 is 0 Å². The fourth-order valence-electron chi connectivity index (χ4n) is 3.11. The maximum Gasteiger partial charge on any atom is 0.224 e. The van der Waals surface area contributed by atoms with Crippen LogP contribution in [0.25, 0.3) is 0 Å².